The Morgan fingerprint density at radius 1 is 1.19 bits per heavy atom. The normalized spacial score (nSPS) is 16.6. The van der Waals surface area contributed by atoms with Crippen LogP contribution in [0.2, 0.25) is 0 Å². The van der Waals surface area contributed by atoms with E-state index in [1.54, 1.807) is 4.90 Å². The van der Waals surface area contributed by atoms with E-state index in [1.807, 2.05) is 6.92 Å². The van der Waals surface area contributed by atoms with Gasteiger partial charge in [0.2, 0.25) is 5.91 Å². The summed E-state index contributed by atoms with van der Waals surface area (Å²) < 4.78 is 3.93. The van der Waals surface area contributed by atoms with Crippen molar-refractivity contribution in [1.29, 1.82) is 0 Å². The van der Waals surface area contributed by atoms with Crippen LogP contribution in [0.4, 0.5) is 0 Å². The molecule has 2 aromatic carbocycles. The number of carbonyl (C=O) groups excluding carboxylic acids is 2. The Morgan fingerprint density at radius 2 is 2.00 bits per heavy atom. The van der Waals surface area contributed by atoms with Gasteiger partial charge in [-0.1, -0.05) is 65.5 Å². The fraction of sp³-hybridized carbons (Fsp3) is 0.333. The van der Waals surface area contributed by atoms with Crippen molar-refractivity contribution in [2.75, 3.05) is 19.6 Å². The summed E-state index contributed by atoms with van der Waals surface area (Å²) in [5.41, 5.74) is 5.37. The lowest BCUT2D eigenvalue weighted by atomic mass is 9.95. The number of amides is 2. The van der Waals surface area contributed by atoms with E-state index in [0.29, 0.717) is 37.4 Å². The van der Waals surface area contributed by atoms with Crippen molar-refractivity contribution in [3.8, 4) is 11.1 Å². The number of aryl methyl sites for hydroxylation is 2. The second kappa shape index (κ2) is 9.39. The second-order valence-electron chi connectivity index (χ2n) is 7.91. The van der Waals surface area contributed by atoms with Crippen molar-refractivity contribution in [3.63, 3.8) is 0 Å². The summed E-state index contributed by atoms with van der Waals surface area (Å²) in [6.07, 6.45) is 1.25. The van der Waals surface area contributed by atoms with E-state index >= 15 is 0 Å². The fourth-order valence-electron chi connectivity index (χ4n) is 3.93. The van der Waals surface area contributed by atoms with Gasteiger partial charge < -0.3 is 10.2 Å². The van der Waals surface area contributed by atoms with Gasteiger partial charge in [-0.05, 0) is 48.0 Å². The van der Waals surface area contributed by atoms with Gasteiger partial charge >= 0.3 is 0 Å². The maximum absolute atomic E-state index is 13.0. The molecule has 4 rings (SSSR count). The van der Waals surface area contributed by atoms with Gasteiger partial charge in [-0.15, -0.1) is 5.10 Å². The van der Waals surface area contributed by atoms with Crippen molar-refractivity contribution < 1.29 is 9.59 Å². The summed E-state index contributed by atoms with van der Waals surface area (Å²) in [4.78, 5) is 28.0. The molecule has 1 aliphatic heterocycles. The van der Waals surface area contributed by atoms with E-state index in [1.165, 1.54) is 11.1 Å². The second-order valence-corrected chi connectivity index (χ2v) is 8.67. The summed E-state index contributed by atoms with van der Waals surface area (Å²) in [6, 6.07) is 16.7. The van der Waals surface area contributed by atoms with Crippen LogP contribution in [0.3, 0.4) is 0 Å². The molecule has 1 aromatic heterocycles. The van der Waals surface area contributed by atoms with E-state index in [0.717, 1.165) is 28.4 Å². The first-order chi connectivity index (χ1) is 15.0. The van der Waals surface area contributed by atoms with Gasteiger partial charge in [-0.2, -0.15) is 0 Å². The third kappa shape index (κ3) is 4.82. The lowest BCUT2D eigenvalue weighted by Crippen LogP contribution is -2.37. The molecule has 2 heterocycles. The predicted molar refractivity (Wildman–Crippen MR) is 122 cm³/mol. The smallest absolute Gasteiger partial charge is 0.267 e. The number of rotatable bonds is 5. The van der Waals surface area contributed by atoms with Crippen molar-refractivity contribution in [1.82, 2.24) is 19.8 Å². The molecule has 0 radical (unpaired) electrons. The first-order valence-corrected chi connectivity index (χ1v) is 11.4. The van der Waals surface area contributed by atoms with Crippen LogP contribution >= 0.6 is 11.5 Å². The highest BCUT2D eigenvalue weighted by molar-refractivity contribution is 7.08. The van der Waals surface area contributed by atoms with Gasteiger partial charge in [0, 0.05) is 19.6 Å². The number of hydrogen-bond donors (Lipinski definition) is 1. The monoisotopic (exact) mass is 434 g/mol. The zero-order valence-corrected chi connectivity index (χ0v) is 18.6. The number of carbonyl (C=O) groups is 2. The molecule has 2 amide bonds. The van der Waals surface area contributed by atoms with Gasteiger partial charge in [-0.25, -0.2) is 0 Å². The quantitative estimate of drug-likeness (QED) is 0.667. The molecule has 1 aliphatic rings. The number of benzene rings is 2. The number of hydrogen-bond acceptors (Lipinski definition) is 5. The SMILES string of the molecule is CCc1nnsc1C(=O)N1CCNC(=O)C(Cc2ccc(-c3cccc(C)c3)cc2)C1. The summed E-state index contributed by atoms with van der Waals surface area (Å²) in [5.74, 6) is -0.374. The van der Waals surface area contributed by atoms with Crippen LogP contribution in [-0.4, -0.2) is 45.9 Å². The summed E-state index contributed by atoms with van der Waals surface area (Å²) in [6.45, 7) is 5.40. The number of nitrogens with zero attached hydrogens (tertiary/aromatic N) is 3. The number of aromatic nitrogens is 2. The maximum atomic E-state index is 13.0. The van der Waals surface area contributed by atoms with Crippen LogP contribution in [0.5, 0.6) is 0 Å². The molecule has 0 aliphatic carbocycles. The Labute approximate surface area is 186 Å². The van der Waals surface area contributed by atoms with Gasteiger partial charge in [-0.3, -0.25) is 9.59 Å². The third-order valence-electron chi connectivity index (χ3n) is 5.65. The molecule has 6 nitrogen and oxygen atoms in total. The van der Waals surface area contributed by atoms with Gasteiger partial charge in [0.05, 0.1) is 11.6 Å². The minimum absolute atomic E-state index is 0.00351. The molecule has 1 N–H and O–H groups in total. The minimum Gasteiger partial charge on any atom is -0.354 e. The van der Waals surface area contributed by atoms with Crippen molar-refractivity contribution in [2.24, 2.45) is 5.92 Å². The molecule has 1 atom stereocenters. The van der Waals surface area contributed by atoms with Gasteiger partial charge in [0.1, 0.15) is 4.88 Å². The number of nitrogens with one attached hydrogen (secondary N) is 1. The Balaban J connectivity index is 1.49. The third-order valence-corrected chi connectivity index (χ3v) is 6.41. The first kappa shape index (κ1) is 21.2. The Kier molecular flexibility index (Phi) is 6.42. The van der Waals surface area contributed by atoms with E-state index < -0.39 is 0 Å². The molecular weight excluding hydrogens is 408 g/mol. The van der Waals surface area contributed by atoms with Gasteiger partial charge in [0.25, 0.3) is 5.91 Å². The molecule has 0 saturated carbocycles. The van der Waals surface area contributed by atoms with Crippen LogP contribution in [0.25, 0.3) is 11.1 Å². The van der Waals surface area contributed by atoms with Crippen LogP contribution in [0.15, 0.2) is 48.5 Å². The zero-order valence-electron chi connectivity index (χ0n) is 17.8. The Morgan fingerprint density at radius 3 is 2.74 bits per heavy atom. The van der Waals surface area contributed by atoms with Crippen LogP contribution in [0.1, 0.15) is 33.4 Å². The first-order valence-electron chi connectivity index (χ1n) is 10.6. The lowest BCUT2D eigenvalue weighted by molar-refractivity contribution is -0.124. The molecule has 0 bridgehead atoms. The average molecular weight is 435 g/mol. The van der Waals surface area contributed by atoms with Crippen molar-refractivity contribution in [2.45, 2.75) is 26.7 Å². The highest BCUT2D eigenvalue weighted by Gasteiger charge is 2.30. The Hall–Kier alpha value is -3.06. The van der Waals surface area contributed by atoms with Crippen molar-refractivity contribution in [3.05, 3.63) is 70.2 Å². The molecule has 3 aromatic rings. The molecule has 160 valence electrons. The Bertz CT molecular complexity index is 1080. The predicted octanol–water partition coefficient (Wildman–Crippen LogP) is 3.51. The summed E-state index contributed by atoms with van der Waals surface area (Å²) >= 11 is 1.13. The molecular formula is C24H26N4O2S. The standard InChI is InChI=1S/C24H26N4O2S/c1-3-21-22(31-27-26-21)24(30)28-12-11-25-23(29)20(15-28)14-17-7-9-18(10-8-17)19-6-4-5-16(2)13-19/h4-10,13,20H,3,11-12,14-15H2,1-2H3,(H,25,29). The highest BCUT2D eigenvalue weighted by Crippen LogP contribution is 2.23. The van der Waals surface area contributed by atoms with E-state index in [-0.39, 0.29) is 17.7 Å². The fourth-order valence-corrected chi connectivity index (χ4v) is 4.65. The molecule has 7 heteroatoms. The van der Waals surface area contributed by atoms with Crippen LogP contribution < -0.4 is 5.32 Å². The van der Waals surface area contributed by atoms with E-state index in [9.17, 15) is 9.59 Å². The molecule has 1 saturated heterocycles. The molecule has 0 spiro atoms. The van der Waals surface area contributed by atoms with Gasteiger partial charge in [0.15, 0.2) is 0 Å². The maximum Gasteiger partial charge on any atom is 0.267 e. The molecule has 1 unspecified atom stereocenters. The lowest BCUT2D eigenvalue weighted by Gasteiger charge is -2.23. The largest absolute Gasteiger partial charge is 0.354 e. The molecule has 1 fully saturated rings. The average Bonchev–Trinajstić information content (AvgIpc) is 3.19. The van der Waals surface area contributed by atoms with Crippen molar-refractivity contribution >= 4 is 23.3 Å². The minimum atomic E-state index is -0.290. The topological polar surface area (TPSA) is 75.2 Å². The highest BCUT2D eigenvalue weighted by atomic mass is 32.1. The summed E-state index contributed by atoms with van der Waals surface area (Å²) in [5, 5.41) is 7.01. The van der Waals surface area contributed by atoms with E-state index in [4.69, 9.17) is 0 Å². The van der Waals surface area contributed by atoms with Crippen LogP contribution in [-0.2, 0) is 17.6 Å². The summed E-state index contributed by atoms with van der Waals surface area (Å²) in [7, 11) is 0. The van der Waals surface area contributed by atoms with E-state index in [2.05, 4.69) is 70.4 Å². The van der Waals surface area contributed by atoms with Crippen LogP contribution in [0, 0.1) is 12.8 Å². The molecule has 31 heavy (non-hydrogen) atoms. The zero-order chi connectivity index (χ0) is 21.8.